The summed E-state index contributed by atoms with van der Waals surface area (Å²) in [4.78, 5) is 0.335. The van der Waals surface area contributed by atoms with Gasteiger partial charge in [-0.2, -0.15) is 0 Å². The minimum Gasteiger partial charge on any atom is -0.457 e. The van der Waals surface area contributed by atoms with Crippen LogP contribution in [0.4, 0.5) is 4.39 Å². The van der Waals surface area contributed by atoms with E-state index in [1.165, 1.54) is 12.1 Å². The maximum atomic E-state index is 12.9. The monoisotopic (exact) mass is 247 g/mol. The lowest BCUT2D eigenvalue weighted by molar-refractivity contribution is 0.477. The molecule has 0 aliphatic carbocycles. The normalized spacial score (nSPS) is 9.94. The van der Waals surface area contributed by atoms with Gasteiger partial charge in [0.25, 0.3) is 0 Å². The number of nitrogens with two attached hydrogens (primary N) is 1. The van der Waals surface area contributed by atoms with Gasteiger partial charge in [-0.3, -0.25) is 0 Å². The van der Waals surface area contributed by atoms with Crippen LogP contribution in [0.15, 0.2) is 48.5 Å². The molecule has 2 nitrogen and oxygen atoms in total. The summed E-state index contributed by atoms with van der Waals surface area (Å²) in [6.45, 7) is 0. The van der Waals surface area contributed by atoms with Crippen molar-refractivity contribution in [1.29, 1.82) is 0 Å². The average Bonchev–Trinajstić information content (AvgIpc) is 2.29. The third-order valence-electron chi connectivity index (χ3n) is 2.17. The molecule has 0 fully saturated rings. The van der Waals surface area contributed by atoms with Crippen molar-refractivity contribution in [2.45, 2.75) is 0 Å². The summed E-state index contributed by atoms with van der Waals surface area (Å²) in [7, 11) is 0. The number of benzene rings is 2. The quantitative estimate of drug-likeness (QED) is 0.845. The molecule has 0 saturated carbocycles. The first kappa shape index (κ1) is 11.5. The van der Waals surface area contributed by atoms with E-state index in [2.05, 4.69) is 0 Å². The molecule has 0 atom stereocenters. The highest BCUT2D eigenvalue weighted by atomic mass is 32.1. The SMILES string of the molecule is NC(=S)c1ccc(Oc2cccc(F)c2)cc1. The van der Waals surface area contributed by atoms with Gasteiger partial charge in [0.15, 0.2) is 0 Å². The van der Waals surface area contributed by atoms with E-state index >= 15 is 0 Å². The van der Waals surface area contributed by atoms with Crippen molar-refractivity contribution in [3.05, 3.63) is 59.9 Å². The lowest BCUT2D eigenvalue weighted by Gasteiger charge is -2.06. The molecule has 2 aromatic rings. The zero-order chi connectivity index (χ0) is 12.3. The summed E-state index contributed by atoms with van der Waals surface area (Å²) < 4.78 is 18.4. The number of halogens is 1. The van der Waals surface area contributed by atoms with Crippen LogP contribution in [0.5, 0.6) is 11.5 Å². The van der Waals surface area contributed by atoms with Gasteiger partial charge in [-0.05, 0) is 36.4 Å². The lowest BCUT2D eigenvalue weighted by atomic mass is 10.2. The molecule has 0 aliphatic heterocycles. The summed E-state index contributed by atoms with van der Waals surface area (Å²) in [6, 6.07) is 13.0. The van der Waals surface area contributed by atoms with E-state index in [4.69, 9.17) is 22.7 Å². The first-order chi connectivity index (χ1) is 8.15. The van der Waals surface area contributed by atoms with Crippen molar-refractivity contribution >= 4 is 17.2 Å². The zero-order valence-electron chi connectivity index (χ0n) is 8.89. The molecule has 0 saturated heterocycles. The fourth-order valence-corrected chi connectivity index (χ4v) is 1.49. The van der Waals surface area contributed by atoms with Crippen molar-refractivity contribution in [2.75, 3.05) is 0 Å². The average molecular weight is 247 g/mol. The van der Waals surface area contributed by atoms with E-state index in [1.807, 2.05) is 0 Å². The van der Waals surface area contributed by atoms with E-state index < -0.39 is 0 Å². The van der Waals surface area contributed by atoms with Crippen LogP contribution in [0, 0.1) is 5.82 Å². The van der Waals surface area contributed by atoms with E-state index in [-0.39, 0.29) is 5.82 Å². The molecule has 0 heterocycles. The molecule has 4 heteroatoms. The Morgan fingerprint density at radius 3 is 2.35 bits per heavy atom. The predicted molar refractivity (Wildman–Crippen MR) is 68.8 cm³/mol. The van der Waals surface area contributed by atoms with E-state index in [9.17, 15) is 4.39 Å². The Morgan fingerprint density at radius 2 is 1.76 bits per heavy atom. The van der Waals surface area contributed by atoms with Crippen LogP contribution in [-0.4, -0.2) is 4.99 Å². The highest BCUT2D eigenvalue weighted by Gasteiger charge is 2.00. The van der Waals surface area contributed by atoms with Gasteiger partial charge >= 0.3 is 0 Å². The molecule has 2 N–H and O–H groups in total. The molecule has 0 aromatic heterocycles. The molecule has 0 aliphatic rings. The number of hydrogen-bond acceptors (Lipinski definition) is 2. The predicted octanol–water partition coefficient (Wildman–Crippen LogP) is 3.25. The molecule has 0 unspecified atom stereocenters. The summed E-state index contributed by atoms with van der Waals surface area (Å²) in [6.07, 6.45) is 0. The maximum absolute atomic E-state index is 12.9. The van der Waals surface area contributed by atoms with Gasteiger partial charge in [-0.25, -0.2) is 4.39 Å². The van der Waals surface area contributed by atoms with E-state index in [0.29, 0.717) is 16.5 Å². The molecule has 0 amide bonds. The highest BCUT2D eigenvalue weighted by Crippen LogP contribution is 2.22. The fraction of sp³-hybridized carbons (Fsp3) is 0. The third kappa shape index (κ3) is 3.01. The van der Waals surface area contributed by atoms with Crippen LogP contribution in [-0.2, 0) is 0 Å². The molecule has 0 spiro atoms. The van der Waals surface area contributed by atoms with Crippen LogP contribution in [0.2, 0.25) is 0 Å². The van der Waals surface area contributed by atoms with Crippen LogP contribution in [0.3, 0.4) is 0 Å². The molecule has 2 aromatic carbocycles. The Kier molecular flexibility index (Phi) is 3.35. The van der Waals surface area contributed by atoms with Gasteiger partial charge < -0.3 is 10.5 Å². The minimum atomic E-state index is -0.331. The molecule has 2 rings (SSSR count). The first-order valence-corrected chi connectivity index (χ1v) is 5.39. The van der Waals surface area contributed by atoms with Crippen molar-refractivity contribution in [2.24, 2.45) is 5.73 Å². The second-order valence-corrected chi connectivity index (χ2v) is 3.89. The van der Waals surface area contributed by atoms with Crippen molar-refractivity contribution in [3.63, 3.8) is 0 Å². The highest BCUT2D eigenvalue weighted by molar-refractivity contribution is 7.80. The summed E-state index contributed by atoms with van der Waals surface area (Å²) in [5, 5.41) is 0. The molecular formula is C13H10FNOS. The number of thiocarbonyl (C=S) groups is 1. The maximum Gasteiger partial charge on any atom is 0.130 e. The standard InChI is InChI=1S/C13H10FNOS/c14-10-2-1-3-12(8-10)16-11-6-4-9(5-7-11)13(15)17/h1-8H,(H2,15,17). The number of ether oxygens (including phenoxy) is 1. The van der Waals surface area contributed by atoms with Gasteiger partial charge in [0, 0.05) is 11.6 Å². The molecular weight excluding hydrogens is 237 g/mol. The van der Waals surface area contributed by atoms with Crippen LogP contribution < -0.4 is 10.5 Å². The van der Waals surface area contributed by atoms with E-state index in [0.717, 1.165) is 5.56 Å². The first-order valence-electron chi connectivity index (χ1n) is 4.98. The van der Waals surface area contributed by atoms with Gasteiger partial charge in [-0.15, -0.1) is 0 Å². The summed E-state index contributed by atoms with van der Waals surface area (Å²) in [5.74, 6) is 0.728. The number of rotatable bonds is 3. The molecule has 86 valence electrons. The fourth-order valence-electron chi connectivity index (χ4n) is 1.35. The van der Waals surface area contributed by atoms with Gasteiger partial charge in [0.05, 0.1) is 0 Å². The summed E-state index contributed by atoms with van der Waals surface area (Å²) >= 11 is 4.84. The Morgan fingerprint density at radius 1 is 1.06 bits per heavy atom. The van der Waals surface area contributed by atoms with Crippen LogP contribution in [0.1, 0.15) is 5.56 Å². The van der Waals surface area contributed by atoms with Crippen LogP contribution >= 0.6 is 12.2 Å². The van der Waals surface area contributed by atoms with Crippen molar-refractivity contribution < 1.29 is 9.13 Å². The third-order valence-corrected chi connectivity index (χ3v) is 2.41. The summed E-state index contributed by atoms with van der Waals surface area (Å²) in [5.41, 5.74) is 6.25. The zero-order valence-corrected chi connectivity index (χ0v) is 9.71. The Bertz CT molecular complexity index is 539. The van der Waals surface area contributed by atoms with E-state index in [1.54, 1.807) is 36.4 Å². The number of hydrogen-bond donors (Lipinski definition) is 1. The van der Waals surface area contributed by atoms with Gasteiger partial charge in [-0.1, -0.05) is 18.3 Å². The van der Waals surface area contributed by atoms with Crippen LogP contribution in [0.25, 0.3) is 0 Å². The Hall–Kier alpha value is -1.94. The lowest BCUT2D eigenvalue weighted by Crippen LogP contribution is -2.08. The second-order valence-electron chi connectivity index (χ2n) is 3.45. The largest absolute Gasteiger partial charge is 0.457 e. The molecule has 17 heavy (non-hydrogen) atoms. The van der Waals surface area contributed by atoms with Crippen molar-refractivity contribution in [3.8, 4) is 11.5 Å². The minimum absolute atomic E-state index is 0.331. The topological polar surface area (TPSA) is 35.2 Å². The molecule has 0 bridgehead atoms. The van der Waals surface area contributed by atoms with Gasteiger partial charge in [0.2, 0.25) is 0 Å². The van der Waals surface area contributed by atoms with Gasteiger partial charge in [0.1, 0.15) is 22.3 Å². The van der Waals surface area contributed by atoms with Crippen molar-refractivity contribution in [1.82, 2.24) is 0 Å². The Labute approximate surface area is 104 Å². The molecule has 0 radical (unpaired) electrons. The Balaban J connectivity index is 2.16. The second kappa shape index (κ2) is 4.93. The smallest absolute Gasteiger partial charge is 0.130 e.